The highest BCUT2D eigenvalue weighted by atomic mass is 19.1. The largest absolute Gasteiger partial charge is 0.351 e. The monoisotopic (exact) mass is 359 g/mol. The van der Waals surface area contributed by atoms with Crippen molar-refractivity contribution in [2.45, 2.75) is 25.2 Å². The zero-order chi connectivity index (χ0) is 18.5. The van der Waals surface area contributed by atoms with Gasteiger partial charge in [0.25, 0.3) is 5.91 Å². The molecule has 0 aliphatic carbocycles. The molecule has 1 aliphatic heterocycles. The van der Waals surface area contributed by atoms with Crippen LogP contribution in [0, 0.1) is 5.82 Å². The molecule has 7 heteroatoms. The van der Waals surface area contributed by atoms with Gasteiger partial charge in [0.1, 0.15) is 12.0 Å². The third kappa shape index (κ3) is 4.64. The number of carbonyl (C=O) groups excluding carboxylic acids is 2. The highest BCUT2D eigenvalue weighted by molar-refractivity contribution is 6.04. The lowest BCUT2D eigenvalue weighted by atomic mass is 10.1. The Bertz CT molecular complexity index is 778. The van der Waals surface area contributed by atoms with E-state index in [0.717, 1.165) is 5.56 Å². The van der Waals surface area contributed by atoms with Crippen LogP contribution in [-0.2, 0) is 11.3 Å². The lowest BCUT2D eigenvalue weighted by molar-refractivity contribution is -0.123. The van der Waals surface area contributed by atoms with Gasteiger partial charge in [0, 0.05) is 30.8 Å². The van der Waals surface area contributed by atoms with Crippen molar-refractivity contribution < 1.29 is 18.4 Å². The number of rotatable bonds is 5. The second kappa shape index (κ2) is 8.05. The van der Waals surface area contributed by atoms with E-state index in [4.69, 9.17) is 0 Å². The van der Waals surface area contributed by atoms with Gasteiger partial charge >= 0.3 is 0 Å². The highest BCUT2D eigenvalue weighted by Crippen LogP contribution is 2.12. The van der Waals surface area contributed by atoms with E-state index in [9.17, 15) is 18.4 Å². The van der Waals surface area contributed by atoms with Gasteiger partial charge in [0.05, 0.1) is 6.04 Å². The maximum absolute atomic E-state index is 13.1. The molecule has 2 atom stereocenters. The first-order chi connectivity index (χ1) is 12.5. The molecule has 1 fully saturated rings. The summed E-state index contributed by atoms with van der Waals surface area (Å²) >= 11 is 0. The molecule has 3 rings (SSSR count). The summed E-state index contributed by atoms with van der Waals surface area (Å²) in [5, 5.41) is 8.26. The molecule has 0 unspecified atom stereocenters. The Morgan fingerprint density at radius 3 is 2.38 bits per heavy atom. The number of carbonyl (C=O) groups is 2. The number of hydrogen-bond donors (Lipinski definition) is 3. The van der Waals surface area contributed by atoms with Crippen molar-refractivity contribution in [2.24, 2.45) is 0 Å². The molecule has 0 saturated carbocycles. The van der Waals surface area contributed by atoms with Gasteiger partial charge in [-0.2, -0.15) is 0 Å². The van der Waals surface area contributed by atoms with Crippen LogP contribution < -0.4 is 16.0 Å². The van der Waals surface area contributed by atoms with Crippen molar-refractivity contribution in [2.75, 3.05) is 11.9 Å². The second-order valence-corrected chi connectivity index (χ2v) is 6.17. The van der Waals surface area contributed by atoms with Crippen LogP contribution in [-0.4, -0.2) is 30.6 Å². The molecule has 3 N–H and O–H groups in total. The minimum atomic E-state index is -0.982. The molecular weight excluding hydrogens is 340 g/mol. The smallest absolute Gasteiger partial charge is 0.255 e. The van der Waals surface area contributed by atoms with Gasteiger partial charge in [-0.05, 0) is 42.0 Å². The molecule has 1 heterocycles. The van der Waals surface area contributed by atoms with Crippen molar-refractivity contribution >= 4 is 17.5 Å². The van der Waals surface area contributed by atoms with Crippen LogP contribution in [0.15, 0.2) is 48.5 Å². The van der Waals surface area contributed by atoms with Crippen LogP contribution in [0.25, 0.3) is 0 Å². The minimum Gasteiger partial charge on any atom is -0.351 e. The lowest BCUT2D eigenvalue weighted by Gasteiger charge is -2.11. The van der Waals surface area contributed by atoms with Gasteiger partial charge in [-0.1, -0.05) is 12.1 Å². The molecule has 0 spiro atoms. The molecule has 1 saturated heterocycles. The summed E-state index contributed by atoms with van der Waals surface area (Å²) in [4.78, 5) is 24.1. The highest BCUT2D eigenvalue weighted by Gasteiger charge is 2.28. The van der Waals surface area contributed by atoms with Crippen LogP contribution in [0.2, 0.25) is 0 Å². The predicted molar refractivity (Wildman–Crippen MR) is 93.9 cm³/mol. The fourth-order valence-electron chi connectivity index (χ4n) is 2.72. The molecule has 2 aromatic rings. The fraction of sp³-hybridized carbons (Fsp3) is 0.263. The van der Waals surface area contributed by atoms with Crippen LogP contribution >= 0.6 is 0 Å². The molecule has 0 radical (unpaired) electrons. The summed E-state index contributed by atoms with van der Waals surface area (Å²) in [5.41, 5.74) is 1.77. The normalized spacial score (nSPS) is 19.2. The summed E-state index contributed by atoms with van der Waals surface area (Å²) in [7, 11) is 0. The van der Waals surface area contributed by atoms with Crippen molar-refractivity contribution in [3.63, 3.8) is 0 Å². The molecule has 2 aromatic carbocycles. The molecule has 136 valence electrons. The Kier molecular flexibility index (Phi) is 5.58. The topological polar surface area (TPSA) is 70.2 Å². The number of anilines is 1. The number of nitrogens with one attached hydrogen (secondary N) is 3. The maximum atomic E-state index is 13.1. The van der Waals surface area contributed by atoms with Crippen LogP contribution in [0.3, 0.4) is 0 Å². The van der Waals surface area contributed by atoms with Gasteiger partial charge in [-0.3, -0.25) is 9.59 Å². The number of halogens is 2. The van der Waals surface area contributed by atoms with E-state index in [-0.39, 0.29) is 30.6 Å². The van der Waals surface area contributed by atoms with E-state index < -0.39 is 12.2 Å². The standard InChI is InChI=1S/C19H19F2N3O2/c20-14-5-7-16(8-6-14)24-18(25)13-3-1-12(2-4-13)10-23-19(26)17-9-15(21)11-22-17/h1-8,15,17,22H,9-11H2,(H,23,26)(H,24,25)/t15-,17+/m0/s1. The average molecular weight is 359 g/mol. The van der Waals surface area contributed by atoms with E-state index in [1.807, 2.05) is 0 Å². The van der Waals surface area contributed by atoms with E-state index in [1.54, 1.807) is 24.3 Å². The van der Waals surface area contributed by atoms with Crippen LogP contribution in [0.4, 0.5) is 14.5 Å². The number of hydrogen-bond acceptors (Lipinski definition) is 3. The third-order valence-corrected chi connectivity index (χ3v) is 4.18. The van der Waals surface area contributed by atoms with Gasteiger partial charge in [0.15, 0.2) is 0 Å². The maximum Gasteiger partial charge on any atom is 0.255 e. The summed E-state index contributed by atoms with van der Waals surface area (Å²) in [6, 6.07) is 11.8. The minimum absolute atomic E-state index is 0.189. The van der Waals surface area contributed by atoms with Gasteiger partial charge in [-0.25, -0.2) is 8.78 Å². The average Bonchev–Trinajstić information content (AvgIpc) is 3.08. The van der Waals surface area contributed by atoms with E-state index >= 15 is 0 Å². The molecular formula is C19H19F2N3O2. The van der Waals surface area contributed by atoms with Crippen molar-refractivity contribution in [3.8, 4) is 0 Å². The second-order valence-electron chi connectivity index (χ2n) is 6.17. The molecule has 26 heavy (non-hydrogen) atoms. The first-order valence-electron chi connectivity index (χ1n) is 8.32. The van der Waals surface area contributed by atoms with Gasteiger partial charge in [-0.15, -0.1) is 0 Å². The van der Waals surface area contributed by atoms with E-state index in [2.05, 4.69) is 16.0 Å². The van der Waals surface area contributed by atoms with Crippen LogP contribution in [0.1, 0.15) is 22.3 Å². The summed E-state index contributed by atoms with van der Waals surface area (Å²) < 4.78 is 26.0. The van der Waals surface area contributed by atoms with Crippen molar-refractivity contribution in [3.05, 3.63) is 65.5 Å². The van der Waals surface area contributed by atoms with Gasteiger partial charge < -0.3 is 16.0 Å². The van der Waals surface area contributed by atoms with Crippen molar-refractivity contribution in [1.29, 1.82) is 0 Å². The number of amides is 2. The predicted octanol–water partition coefficient (Wildman–Crippen LogP) is 2.39. The molecule has 2 amide bonds. The Morgan fingerprint density at radius 2 is 1.77 bits per heavy atom. The fourth-order valence-corrected chi connectivity index (χ4v) is 2.72. The first-order valence-corrected chi connectivity index (χ1v) is 8.32. The van der Waals surface area contributed by atoms with Crippen molar-refractivity contribution in [1.82, 2.24) is 10.6 Å². The Balaban J connectivity index is 1.52. The molecule has 0 bridgehead atoms. The number of alkyl halides is 1. The quantitative estimate of drug-likeness (QED) is 0.768. The summed E-state index contributed by atoms with van der Waals surface area (Å²) in [6.07, 6.45) is -0.793. The van der Waals surface area contributed by atoms with E-state index in [0.29, 0.717) is 17.8 Å². The Labute approximate surface area is 149 Å². The first kappa shape index (κ1) is 18.0. The molecule has 1 aliphatic rings. The van der Waals surface area contributed by atoms with E-state index in [1.165, 1.54) is 24.3 Å². The lowest BCUT2D eigenvalue weighted by Crippen LogP contribution is -2.40. The zero-order valence-electron chi connectivity index (χ0n) is 14.0. The third-order valence-electron chi connectivity index (χ3n) is 4.18. The van der Waals surface area contributed by atoms with Gasteiger partial charge in [0.2, 0.25) is 5.91 Å². The Morgan fingerprint density at radius 1 is 1.08 bits per heavy atom. The van der Waals surface area contributed by atoms with Crippen LogP contribution in [0.5, 0.6) is 0 Å². The zero-order valence-corrected chi connectivity index (χ0v) is 14.0. The summed E-state index contributed by atoms with van der Waals surface area (Å²) in [5.74, 6) is -0.913. The summed E-state index contributed by atoms with van der Waals surface area (Å²) in [6.45, 7) is 0.504. The SMILES string of the molecule is O=C(Nc1ccc(F)cc1)c1ccc(CNC(=O)[C@H]2C[C@H](F)CN2)cc1. The molecule has 5 nitrogen and oxygen atoms in total. The number of benzene rings is 2. The molecule has 0 aromatic heterocycles. The Hall–Kier alpha value is -2.80.